The summed E-state index contributed by atoms with van der Waals surface area (Å²) in [5.41, 5.74) is 5.52. The van der Waals surface area contributed by atoms with Crippen LogP contribution in [0.3, 0.4) is 0 Å². The Morgan fingerprint density at radius 3 is 2.05 bits per heavy atom. The topological polar surface area (TPSA) is 64.9 Å². The first-order valence-electron chi connectivity index (χ1n) is 7.63. The Hall–Kier alpha value is -0.900. The van der Waals surface area contributed by atoms with E-state index in [-0.39, 0.29) is 0 Å². The van der Waals surface area contributed by atoms with E-state index in [1.54, 1.807) is 0 Å². The Bertz CT molecular complexity index is 460. The van der Waals surface area contributed by atoms with Crippen LogP contribution in [0.15, 0.2) is 4.42 Å². The lowest BCUT2D eigenvalue weighted by Crippen LogP contribution is -2.43. The van der Waals surface area contributed by atoms with Crippen molar-refractivity contribution < 1.29 is 4.42 Å². The van der Waals surface area contributed by atoms with E-state index < -0.39 is 5.54 Å². The zero-order valence-electron chi connectivity index (χ0n) is 11.8. The first kappa shape index (κ1) is 11.9. The summed E-state index contributed by atoms with van der Waals surface area (Å²) in [6.07, 6.45) is 6.98. The van der Waals surface area contributed by atoms with E-state index in [9.17, 15) is 0 Å². The van der Waals surface area contributed by atoms with Crippen molar-refractivity contribution in [2.75, 3.05) is 0 Å². The minimum absolute atomic E-state index is 0.511. The second-order valence-electron chi connectivity index (χ2n) is 7.62. The van der Waals surface area contributed by atoms with Gasteiger partial charge in [0.2, 0.25) is 11.8 Å². The number of hydrogen-bond donors (Lipinski definition) is 1. The van der Waals surface area contributed by atoms with E-state index in [4.69, 9.17) is 10.2 Å². The van der Waals surface area contributed by atoms with Gasteiger partial charge in [-0.2, -0.15) is 0 Å². The standard InChI is InChI=1S/C15H23N3O/c1-15(2,16)14-18-17-13(19-14)12-10-4-8-3-9(6-10)7-11(12)5-8/h8-12H,3-7,16H2,1-2H3. The number of nitrogens with two attached hydrogens (primary N) is 1. The van der Waals surface area contributed by atoms with Crippen molar-refractivity contribution in [2.24, 2.45) is 29.4 Å². The van der Waals surface area contributed by atoms with Gasteiger partial charge in [0.1, 0.15) is 0 Å². The molecular weight excluding hydrogens is 238 g/mol. The average molecular weight is 261 g/mol. The predicted molar refractivity (Wildman–Crippen MR) is 71.3 cm³/mol. The summed E-state index contributed by atoms with van der Waals surface area (Å²) in [5.74, 6) is 5.48. The molecule has 104 valence electrons. The van der Waals surface area contributed by atoms with Crippen molar-refractivity contribution in [2.45, 2.75) is 57.4 Å². The molecule has 0 spiro atoms. The van der Waals surface area contributed by atoms with Gasteiger partial charge in [0.15, 0.2) is 0 Å². The van der Waals surface area contributed by atoms with Gasteiger partial charge >= 0.3 is 0 Å². The molecule has 0 saturated heterocycles. The van der Waals surface area contributed by atoms with E-state index in [1.165, 1.54) is 32.1 Å². The van der Waals surface area contributed by atoms with E-state index in [0.717, 1.165) is 29.6 Å². The summed E-state index contributed by atoms with van der Waals surface area (Å²) >= 11 is 0. The number of rotatable bonds is 2. The normalized spacial score (nSPS) is 40.9. The summed E-state index contributed by atoms with van der Waals surface area (Å²) < 4.78 is 5.93. The molecule has 5 rings (SSSR count). The molecule has 4 saturated carbocycles. The lowest BCUT2D eigenvalue weighted by molar-refractivity contribution is -0.0120. The third-order valence-electron chi connectivity index (χ3n) is 5.50. The fourth-order valence-corrected chi connectivity index (χ4v) is 4.96. The molecule has 0 unspecified atom stereocenters. The maximum absolute atomic E-state index is 6.05. The highest BCUT2D eigenvalue weighted by atomic mass is 16.4. The molecule has 0 atom stereocenters. The molecule has 4 heteroatoms. The highest BCUT2D eigenvalue weighted by molar-refractivity contribution is 5.09. The van der Waals surface area contributed by atoms with Crippen molar-refractivity contribution in [3.63, 3.8) is 0 Å². The Kier molecular flexibility index (Phi) is 2.39. The molecule has 1 aromatic rings. The van der Waals surface area contributed by atoms with Crippen LogP contribution in [0, 0.1) is 23.7 Å². The average Bonchev–Trinajstić information content (AvgIpc) is 2.76. The van der Waals surface area contributed by atoms with Crippen molar-refractivity contribution >= 4 is 0 Å². The molecule has 0 aromatic carbocycles. The minimum Gasteiger partial charge on any atom is -0.423 e. The van der Waals surface area contributed by atoms with Crippen LogP contribution >= 0.6 is 0 Å². The van der Waals surface area contributed by atoms with Gasteiger partial charge in [0, 0.05) is 5.92 Å². The second-order valence-corrected chi connectivity index (χ2v) is 7.62. The molecule has 4 fully saturated rings. The van der Waals surface area contributed by atoms with Gasteiger partial charge < -0.3 is 10.2 Å². The summed E-state index contributed by atoms with van der Waals surface area (Å²) in [6.45, 7) is 3.84. The monoisotopic (exact) mass is 261 g/mol. The molecule has 1 aromatic heterocycles. The van der Waals surface area contributed by atoms with E-state index in [0.29, 0.717) is 11.8 Å². The molecule has 4 bridgehead atoms. The van der Waals surface area contributed by atoms with Gasteiger partial charge in [-0.15, -0.1) is 10.2 Å². The first-order chi connectivity index (χ1) is 9.00. The summed E-state index contributed by atoms with van der Waals surface area (Å²) in [5, 5.41) is 8.51. The van der Waals surface area contributed by atoms with Gasteiger partial charge in [-0.25, -0.2) is 0 Å². The largest absolute Gasteiger partial charge is 0.423 e. The highest BCUT2D eigenvalue weighted by Crippen LogP contribution is 2.59. The predicted octanol–water partition coefficient (Wildman–Crippen LogP) is 2.80. The molecule has 19 heavy (non-hydrogen) atoms. The Labute approximate surface area is 114 Å². The van der Waals surface area contributed by atoms with Crippen LogP contribution < -0.4 is 5.73 Å². The SMILES string of the molecule is CC(C)(N)c1nnc(C2C3CC4CC(C3)CC2C4)o1. The Morgan fingerprint density at radius 2 is 1.58 bits per heavy atom. The smallest absolute Gasteiger partial charge is 0.235 e. The fourth-order valence-electron chi connectivity index (χ4n) is 4.96. The van der Waals surface area contributed by atoms with Gasteiger partial charge in [-0.1, -0.05) is 0 Å². The lowest BCUT2D eigenvalue weighted by atomic mass is 9.52. The second kappa shape index (κ2) is 3.81. The van der Waals surface area contributed by atoms with Crippen LogP contribution in [0.5, 0.6) is 0 Å². The molecule has 2 N–H and O–H groups in total. The zero-order chi connectivity index (χ0) is 13.2. The molecule has 4 aliphatic rings. The molecule has 4 nitrogen and oxygen atoms in total. The molecule has 4 aliphatic carbocycles. The van der Waals surface area contributed by atoms with Crippen LogP contribution in [-0.2, 0) is 5.54 Å². The van der Waals surface area contributed by atoms with Crippen LogP contribution in [0.25, 0.3) is 0 Å². The maximum atomic E-state index is 6.05. The van der Waals surface area contributed by atoms with Gasteiger partial charge in [0.05, 0.1) is 5.54 Å². The lowest BCUT2D eigenvalue weighted by Gasteiger charge is -2.53. The van der Waals surface area contributed by atoms with Crippen LogP contribution in [0.4, 0.5) is 0 Å². The molecular formula is C15H23N3O. The third-order valence-corrected chi connectivity index (χ3v) is 5.50. The summed E-state index contributed by atoms with van der Waals surface area (Å²) in [6, 6.07) is 0. The van der Waals surface area contributed by atoms with E-state index >= 15 is 0 Å². The van der Waals surface area contributed by atoms with Crippen molar-refractivity contribution in [1.29, 1.82) is 0 Å². The number of hydrogen-bond acceptors (Lipinski definition) is 4. The number of aromatic nitrogens is 2. The molecule has 0 aliphatic heterocycles. The van der Waals surface area contributed by atoms with E-state index in [2.05, 4.69) is 10.2 Å². The van der Waals surface area contributed by atoms with Gasteiger partial charge in [-0.05, 0) is 69.6 Å². The maximum Gasteiger partial charge on any atom is 0.235 e. The summed E-state index contributed by atoms with van der Waals surface area (Å²) in [4.78, 5) is 0. The van der Waals surface area contributed by atoms with Crippen molar-refractivity contribution in [1.82, 2.24) is 10.2 Å². The van der Waals surface area contributed by atoms with Crippen LogP contribution in [0.1, 0.15) is 63.7 Å². The highest BCUT2D eigenvalue weighted by Gasteiger charge is 2.50. The van der Waals surface area contributed by atoms with Crippen molar-refractivity contribution in [3.05, 3.63) is 11.8 Å². The minimum atomic E-state index is -0.531. The Morgan fingerprint density at radius 1 is 1.00 bits per heavy atom. The molecule has 0 radical (unpaired) electrons. The zero-order valence-corrected chi connectivity index (χ0v) is 11.8. The van der Waals surface area contributed by atoms with Gasteiger partial charge in [-0.3, -0.25) is 0 Å². The quantitative estimate of drug-likeness (QED) is 0.889. The van der Waals surface area contributed by atoms with Crippen molar-refractivity contribution in [3.8, 4) is 0 Å². The fraction of sp³-hybridized carbons (Fsp3) is 0.867. The molecule has 0 amide bonds. The van der Waals surface area contributed by atoms with Gasteiger partial charge in [0.25, 0.3) is 0 Å². The molecule has 1 heterocycles. The first-order valence-corrected chi connectivity index (χ1v) is 7.63. The third kappa shape index (κ3) is 1.83. The van der Waals surface area contributed by atoms with Crippen LogP contribution in [0.2, 0.25) is 0 Å². The number of nitrogens with zero attached hydrogens (tertiary/aromatic N) is 2. The summed E-state index contributed by atoms with van der Waals surface area (Å²) in [7, 11) is 0. The van der Waals surface area contributed by atoms with E-state index in [1.807, 2.05) is 13.8 Å². The van der Waals surface area contributed by atoms with Crippen LogP contribution in [-0.4, -0.2) is 10.2 Å². The Balaban J connectivity index is 1.64.